The minimum Gasteiger partial charge on any atom is -0.352 e. The molecule has 172 valence electrons. The van der Waals surface area contributed by atoms with Gasteiger partial charge in [0.25, 0.3) is 5.91 Å². The van der Waals surface area contributed by atoms with Crippen molar-refractivity contribution in [1.82, 2.24) is 15.6 Å². The number of fused-ring (bicyclic) bond motifs is 2. The van der Waals surface area contributed by atoms with Crippen molar-refractivity contribution in [2.45, 2.75) is 80.9 Å². The number of carbonyl (C=O) groups excluding carboxylic acids is 2. The first-order chi connectivity index (χ1) is 16.0. The minimum absolute atomic E-state index is 0.0318. The van der Waals surface area contributed by atoms with E-state index in [4.69, 9.17) is 11.6 Å². The van der Waals surface area contributed by atoms with Gasteiger partial charge in [-0.2, -0.15) is 0 Å². The number of hydrogen-bond acceptors (Lipinski definition) is 4. The van der Waals surface area contributed by atoms with Gasteiger partial charge in [0.1, 0.15) is 5.82 Å². The zero-order valence-electron chi connectivity index (χ0n) is 18.6. The van der Waals surface area contributed by atoms with Gasteiger partial charge in [0.2, 0.25) is 5.91 Å². The van der Waals surface area contributed by atoms with Crippen molar-refractivity contribution in [2.24, 2.45) is 0 Å². The summed E-state index contributed by atoms with van der Waals surface area (Å²) >= 11 is 6.04. The molecule has 2 saturated carbocycles. The molecule has 4 aliphatic rings. The van der Waals surface area contributed by atoms with E-state index in [1.54, 1.807) is 6.20 Å². The van der Waals surface area contributed by atoms with Crippen LogP contribution in [-0.2, 0) is 10.2 Å². The highest BCUT2D eigenvalue weighted by molar-refractivity contribution is 6.30. The standard InChI is InChI=1S/C26H29ClN4O2/c27-18-4-2-17(3-5-18)26(11-12-26)25(33)30-20-13-21-8-9-22(14-20)31(21)23-10-1-16(15-28-23)24(32)29-19-6-7-19/h1-5,10,15,19-22H,6-9,11-14H2,(H,29,32)(H,30,33)/t20?,21-,22+. The molecule has 6 rings (SSSR count). The lowest BCUT2D eigenvalue weighted by Crippen LogP contribution is -2.52. The summed E-state index contributed by atoms with van der Waals surface area (Å²) in [6, 6.07) is 12.9. The third-order valence-corrected chi connectivity index (χ3v) is 8.09. The van der Waals surface area contributed by atoms with Gasteiger partial charge < -0.3 is 15.5 Å². The van der Waals surface area contributed by atoms with Crippen LogP contribution in [-0.4, -0.2) is 41.0 Å². The number of amides is 2. The van der Waals surface area contributed by atoms with Crippen LogP contribution in [0.15, 0.2) is 42.6 Å². The number of piperidine rings is 1. The summed E-state index contributed by atoms with van der Waals surface area (Å²) in [6.07, 6.45) is 9.75. The minimum atomic E-state index is -0.376. The first-order valence-corrected chi connectivity index (χ1v) is 12.5. The van der Waals surface area contributed by atoms with Crippen LogP contribution in [0, 0.1) is 0 Å². The molecule has 2 amide bonds. The number of carbonyl (C=O) groups is 2. The van der Waals surface area contributed by atoms with Gasteiger partial charge in [0, 0.05) is 35.4 Å². The van der Waals surface area contributed by atoms with Crippen LogP contribution >= 0.6 is 11.6 Å². The van der Waals surface area contributed by atoms with Gasteiger partial charge in [0.15, 0.2) is 0 Å². The van der Waals surface area contributed by atoms with Crippen molar-refractivity contribution in [3.63, 3.8) is 0 Å². The first kappa shape index (κ1) is 21.0. The summed E-state index contributed by atoms with van der Waals surface area (Å²) in [4.78, 5) is 32.6. The summed E-state index contributed by atoms with van der Waals surface area (Å²) in [6.45, 7) is 0. The van der Waals surface area contributed by atoms with E-state index in [1.165, 1.54) is 0 Å². The lowest BCUT2D eigenvalue weighted by Gasteiger charge is -2.40. The van der Waals surface area contributed by atoms with E-state index in [0.29, 0.717) is 28.7 Å². The van der Waals surface area contributed by atoms with Crippen LogP contribution < -0.4 is 15.5 Å². The molecule has 0 radical (unpaired) electrons. The Balaban J connectivity index is 1.10. The number of halogens is 1. The van der Waals surface area contributed by atoms with E-state index in [0.717, 1.165) is 62.7 Å². The maximum atomic E-state index is 13.2. The highest BCUT2D eigenvalue weighted by Crippen LogP contribution is 2.49. The molecule has 7 heteroatoms. The van der Waals surface area contributed by atoms with Gasteiger partial charge >= 0.3 is 0 Å². The fraction of sp³-hybridized carbons (Fsp3) is 0.500. The zero-order valence-corrected chi connectivity index (χ0v) is 19.4. The third kappa shape index (κ3) is 3.99. The molecule has 2 saturated heterocycles. The Morgan fingerprint density at radius 2 is 1.61 bits per heavy atom. The van der Waals surface area contributed by atoms with E-state index in [9.17, 15) is 9.59 Å². The molecule has 0 spiro atoms. The van der Waals surface area contributed by atoms with Crippen molar-refractivity contribution < 1.29 is 9.59 Å². The van der Waals surface area contributed by atoms with Crippen LogP contribution in [0.5, 0.6) is 0 Å². The number of anilines is 1. The normalized spacial score (nSPS) is 27.2. The molecule has 33 heavy (non-hydrogen) atoms. The fourth-order valence-electron chi connectivity index (χ4n) is 5.70. The summed E-state index contributed by atoms with van der Waals surface area (Å²) in [7, 11) is 0. The van der Waals surface area contributed by atoms with E-state index in [1.807, 2.05) is 36.4 Å². The summed E-state index contributed by atoms with van der Waals surface area (Å²) in [5.41, 5.74) is 1.32. The quantitative estimate of drug-likeness (QED) is 0.678. The molecule has 6 nitrogen and oxygen atoms in total. The van der Waals surface area contributed by atoms with Crippen LogP contribution in [0.1, 0.15) is 67.3 Å². The van der Waals surface area contributed by atoms with E-state index < -0.39 is 0 Å². The highest BCUT2D eigenvalue weighted by Gasteiger charge is 2.52. The van der Waals surface area contributed by atoms with Crippen molar-refractivity contribution in [3.05, 3.63) is 58.7 Å². The average molecular weight is 465 g/mol. The molecule has 2 aliphatic heterocycles. The van der Waals surface area contributed by atoms with E-state index in [-0.39, 0.29) is 23.3 Å². The third-order valence-electron chi connectivity index (χ3n) is 7.84. The largest absolute Gasteiger partial charge is 0.352 e. The van der Waals surface area contributed by atoms with Gasteiger partial charge in [-0.1, -0.05) is 23.7 Å². The zero-order chi connectivity index (χ0) is 22.6. The van der Waals surface area contributed by atoms with Crippen LogP contribution in [0.3, 0.4) is 0 Å². The second kappa shape index (κ2) is 8.01. The molecule has 2 aromatic rings. The lowest BCUT2D eigenvalue weighted by atomic mass is 9.92. The van der Waals surface area contributed by atoms with E-state index in [2.05, 4.69) is 20.5 Å². The van der Waals surface area contributed by atoms with Gasteiger partial charge in [-0.25, -0.2) is 4.98 Å². The molecule has 1 aromatic carbocycles. The second-order valence-electron chi connectivity index (χ2n) is 10.2. The molecule has 2 N–H and O–H groups in total. The first-order valence-electron chi connectivity index (χ1n) is 12.1. The monoisotopic (exact) mass is 464 g/mol. The fourth-order valence-corrected chi connectivity index (χ4v) is 5.83. The Labute approximate surface area is 199 Å². The smallest absolute Gasteiger partial charge is 0.253 e. The number of aromatic nitrogens is 1. The van der Waals surface area contributed by atoms with Gasteiger partial charge in [-0.05, 0) is 81.2 Å². The van der Waals surface area contributed by atoms with Crippen molar-refractivity contribution in [3.8, 4) is 0 Å². The lowest BCUT2D eigenvalue weighted by molar-refractivity contribution is -0.124. The number of hydrogen-bond donors (Lipinski definition) is 2. The molecular weight excluding hydrogens is 436 g/mol. The average Bonchev–Trinajstić information content (AvgIpc) is 3.73. The van der Waals surface area contributed by atoms with Gasteiger partial charge in [-0.3, -0.25) is 9.59 Å². The van der Waals surface area contributed by atoms with Crippen LogP contribution in [0.4, 0.5) is 5.82 Å². The maximum Gasteiger partial charge on any atom is 0.253 e. The van der Waals surface area contributed by atoms with Crippen molar-refractivity contribution in [2.75, 3.05) is 4.90 Å². The molecule has 2 bridgehead atoms. The number of benzene rings is 1. The van der Waals surface area contributed by atoms with Crippen molar-refractivity contribution >= 4 is 29.2 Å². The predicted octanol–water partition coefficient (Wildman–Crippen LogP) is 3.98. The highest BCUT2D eigenvalue weighted by atomic mass is 35.5. The van der Waals surface area contributed by atoms with Crippen LogP contribution in [0.2, 0.25) is 5.02 Å². The SMILES string of the molecule is O=C(NC1CC1)c1ccc(N2[C@@H]3CC[C@H]2CC(NC(=O)C2(c4ccc(Cl)cc4)CC2)C3)nc1. The summed E-state index contributed by atoms with van der Waals surface area (Å²) < 4.78 is 0. The Hall–Kier alpha value is -2.60. The molecule has 2 aliphatic carbocycles. The van der Waals surface area contributed by atoms with Crippen LogP contribution in [0.25, 0.3) is 0 Å². The molecule has 3 atom stereocenters. The maximum absolute atomic E-state index is 13.2. The Morgan fingerprint density at radius 1 is 0.909 bits per heavy atom. The Kier molecular flexibility index (Phi) is 5.09. The molecule has 1 unspecified atom stereocenters. The second-order valence-corrected chi connectivity index (χ2v) is 10.6. The Bertz CT molecular complexity index is 1050. The van der Waals surface area contributed by atoms with E-state index >= 15 is 0 Å². The van der Waals surface area contributed by atoms with Gasteiger partial charge in [-0.15, -0.1) is 0 Å². The van der Waals surface area contributed by atoms with Gasteiger partial charge in [0.05, 0.1) is 11.0 Å². The number of pyridine rings is 1. The molecular formula is C26H29ClN4O2. The topological polar surface area (TPSA) is 74.3 Å². The number of rotatable bonds is 6. The molecule has 1 aromatic heterocycles. The molecule has 4 fully saturated rings. The number of nitrogens with zero attached hydrogens (tertiary/aromatic N) is 2. The molecule has 3 heterocycles. The number of nitrogens with one attached hydrogen (secondary N) is 2. The Morgan fingerprint density at radius 3 is 2.18 bits per heavy atom. The predicted molar refractivity (Wildman–Crippen MR) is 128 cm³/mol. The summed E-state index contributed by atoms with van der Waals surface area (Å²) in [5.74, 6) is 1.07. The summed E-state index contributed by atoms with van der Waals surface area (Å²) in [5, 5.41) is 7.10. The van der Waals surface area contributed by atoms with Crippen molar-refractivity contribution in [1.29, 1.82) is 0 Å².